The van der Waals surface area contributed by atoms with Gasteiger partial charge in [0, 0.05) is 12.4 Å². The number of esters is 1. The largest absolute Gasteiger partial charge is 0.550 e. The lowest BCUT2D eigenvalue weighted by Crippen LogP contribution is -2.56. The molecule has 11 nitrogen and oxygen atoms in total. The molecule has 0 aliphatic carbocycles. The molecule has 0 bridgehead atoms. The van der Waals surface area contributed by atoms with Crippen LogP contribution in [0.4, 0.5) is 0 Å². The molecule has 138 valence electrons. The van der Waals surface area contributed by atoms with Crippen molar-refractivity contribution in [2.24, 2.45) is 0 Å². The van der Waals surface area contributed by atoms with Gasteiger partial charge >= 0.3 is 17.9 Å². The zero-order valence-electron chi connectivity index (χ0n) is 13.5. The van der Waals surface area contributed by atoms with E-state index >= 15 is 0 Å². The summed E-state index contributed by atoms with van der Waals surface area (Å²) in [6.45, 7) is -0.0170. The fourth-order valence-electron chi connectivity index (χ4n) is 1.88. The van der Waals surface area contributed by atoms with Gasteiger partial charge in [0.05, 0.1) is 27.6 Å². The normalized spacial score (nSPS) is 16.5. The van der Waals surface area contributed by atoms with Gasteiger partial charge in [-0.25, -0.2) is 9.59 Å². The lowest BCUT2D eigenvalue weighted by Gasteiger charge is -2.31. The predicted octanol–water partition coefficient (Wildman–Crippen LogP) is -3.60. The fourth-order valence-corrected chi connectivity index (χ4v) is 1.88. The maximum atomic E-state index is 11.8. The Balaban J connectivity index is 5.28. The molecular weight excluding hydrogens is 330 g/mol. The van der Waals surface area contributed by atoms with E-state index in [1.54, 1.807) is 21.1 Å². The average Bonchev–Trinajstić information content (AvgIpc) is 2.33. The van der Waals surface area contributed by atoms with Crippen LogP contribution in [0.15, 0.2) is 0 Å². The number of quaternary nitrogens is 1. The number of nitrogens with zero attached hydrogens (tertiary/aromatic N) is 1. The Bertz CT molecular complexity index is 511. The van der Waals surface area contributed by atoms with Crippen molar-refractivity contribution in [1.82, 2.24) is 0 Å². The predicted molar refractivity (Wildman–Crippen MR) is 73.2 cm³/mol. The molecule has 0 aromatic carbocycles. The molecule has 0 saturated carbocycles. The first-order valence-corrected chi connectivity index (χ1v) is 6.75. The standard InChI is InChI=1S/C13H21NO10/c1-14(2,3)6-7(4-8(15)16)24-11(20)10(19)13(23,12(21)22)5-9(17)18/h7,10,19,23H,4-6H2,1-3H3,(H2-,15,16,17,18,21,22). The molecule has 0 heterocycles. The number of aliphatic hydroxyl groups excluding tert-OH is 1. The number of hydrogen-bond donors (Lipinski definition) is 4. The third kappa shape index (κ3) is 6.89. The molecule has 0 aliphatic heterocycles. The van der Waals surface area contributed by atoms with E-state index in [2.05, 4.69) is 0 Å². The number of carbonyl (C=O) groups is 4. The minimum atomic E-state index is -3.31. The highest BCUT2D eigenvalue weighted by molar-refractivity contribution is 5.91. The summed E-state index contributed by atoms with van der Waals surface area (Å²) in [6, 6.07) is 0. The van der Waals surface area contributed by atoms with Gasteiger partial charge in [0.2, 0.25) is 5.60 Å². The molecule has 0 aliphatic rings. The van der Waals surface area contributed by atoms with E-state index in [4.69, 9.17) is 14.9 Å². The number of aliphatic hydroxyl groups is 2. The number of carboxylic acid groups (broad SMARTS) is 3. The van der Waals surface area contributed by atoms with E-state index in [1.165, 1.54) is 0 Å². The summed E-state index contributed by atoms with van der Waals surface area (Å²) in [7, 11) is 4.97. The van der Waals surface area contributed by atoms with Crippen LogP contribution >= 0.6 is 0 Å². The van der Waals surface area contributed by atoms with Gasteiger partial charge in [0.15, 0.2) is 12.2 Å². The van der Waals surface area contributed by atoms with Gasteiger partial charge in [0.1, 0.15) is 6.54 Å². The molecule has 0 radical (unpaired) electrons. The van der Waals surface area contributed by atoms with Crippen molar-refractivity contribution in [2.75, 3.05) is 27.7 Å². The molecule has 11 heteroatoms. The van der Waals surface area contributed by atoms with Crippen LogP contribution < -0.4 is 5.11 Å². The second-order valence-corrected chi connectivity index (χ2v) is 6.31. The Kier molecular flexibility index (Phi) is 7.29. The molecule has 0 saturated heterocycles. The van der Waals surface area contributed by atoms with Crippen LogP contribution in [0.3, 0.4) is 0 Å². The fraction of sp³-hybridized carbons (Fsp3) is 0.692. The van der Waals surface area contributed by atoms with Crippen LogP contribution in [-0.2, 0) is 23.9 Å². The number of aliphatic carboxylic acids is 3. The number of carbonyl (C=O) groups excluding carboxylic acids is 2. The van der Waals surface area contributed by atoms with Gasteiger partial charge in [0.25, 0.3) is 0 Å². The lowest BCUT2D eigenvalue weighted by atomic mass is 9.93. The third-order valence-electron chi connectivity index (χ3n) is 2.90. The van der Waals surface area contributed by atoms with Gasteiger partial charge in [-0.15, -0.1) is 0 Å². The first-order valence-electron chi connectivity index (χ1n) is 6.75. The molecule has 4 N–H and O–H groups in total. The summed E-state index contributed by atoms with van der Waals surface area (Å²) in [5, 5.41) is 47.7. The molecule has 0 aromatic rings. The number of hydrogen-bond acceptors (Lipinski definition) is 8. The minimum Gasteiger partial charge on any atom is -0.550 e. The highest BCUT2D eigenvalue weighted by atomic mass is 16.6. The van der Waals surface area contributed by atoms with E-state index in [0.29, 0.717) is 0 Å². The first kappa shape index (κ1) is 21.8. The van der Waals surface area contributed by atoms with Crippen LogP contribution in [0.5, 0.6) is 0 Å². The van der Waals surface area contributed by atoms with Crippen LogP contribution in [0.1, 0.15) is 12.8 Å². The molecule has 0 fully saturated rings. The van der Waals surface area contributed by atoms with Gasteiger partial charge < -0.3 is 39.5 Å². The summed E-state index contributed by atoms with van der Waals surface area (Å²) in [5.41, 5.74) is -3.31. The van der Waals surface area contributed by atoms with E-state index in [-0.39, 0.29) is 11.0 Å². The van der Waals surface area contributed by atoms with Crippen molar-refractivity contribution in [3.05, 3.63) is 0 Å². The van der Waals surface area contributed by atoms with Crippen LogP contribution in [0.2, 0.25) is 0 Å². The second-order valence-electron chi connectivity index (χ2n) is 6.31. The zero-order chi connectivity index (χ0) is 19.3. The zero-order valence-corrected chi connectivity index (χ0v) is 13.5. The lowest BCUT2D eigenvalue weighted by molar-refractivity contribution is -0.873. The van der Waals surface area contributed by atoms with Crippen LogP contribution in [-0.4, -0.2) is 94.3 Å². The Morgan fingerprint density at radius 2 is 1.67 bits per heavy atom. The van der Waals surface area contributed by atoms with Crippen molar-refractivity contribution >= 4 is 23.9 Å². The minimum absolute atomic E-state index is 0.0170. The van der Waals surface area contributed by atoms with Crippen LogP contribution in [0, 0.1) is 0 Å². The summed E-state index contributed by atoms with van der Waals surface area (Å²) < 4.78 is 4.90. The van der Waals surface area contributed by atoms with Gasteiger partial charge in [-0.3, -0.25) is 4.79 Å². The summed E-state index contributed by atoms with van der Waals surface area (Å²) in [5.74, 6) is -7.11. The SMILES string of the molecule is C[N+](C)(C)CC(CC(=O)[O-])OC(=O)C(O)C(O)(CC(=O)O)C(=O)O. The summed E-state index contributed by atoms with van der Waals surface area (Å²) >= 11 is 0. The molecule has 0 spiro atoms. The van der Waals surface area contributed by atoms with Crippen molar-refractivity contribution in [3.63, 3.8) is 0 Å². The first-order chi connectivity index (χ1) is 10.7. The van der Waals surface area contributed by atoms with E-state index < -0.39 is 54.5 Å². The van der Waals surface area contributed by atoms with Crippen molar-refractivity contribution in [2.45, 2.75) is 30.7 Å². The number of likely N-dealkylation sites (N-methyl/N-ethyl adjacent to an activating group) is 1. The van der Waals surface area contributed by atoms with Gasteiger partial charge in [-0.2, -0.15) is 0 Å². The number of carboxylic acids is 3. The molecular formula is C13H21NO10. The molecule has 0 rings (SSSR count). The quantitative estimate of drug-likeness (QED) is 0.227. The smallest absolute Gasteiger partial charge is 0.339 e. The van der Waals surface area contributed by atoms with Crippen molar-refractivity contribution < 1.29 is 53.9 Å². The van der Waals surface area contributed by atoms with Gasteiger partial charge in [-0.05, 0) is 0 Å². The maximum absolute atomic E-state index is 11.8. The van der Waals surface area contributed by atoms with Crippen LogP contribution in [0.25, 0.3) is 0 Å². The van der Waals surface area contributed by atoms with Crippen molar-refractivity contribution in [3.8, 4) is 0 Å². The Morgan fingerprint density at radius 1 is 1.17 bits per heavy atom. The summed E-state index contributed by atoms with van der Waals surface area (Å²) in [4.78, 5) is 44.2. The maximum Gasteiger partial charge on any atom is 0.339 e. The monoisotopic (exact) mass is 351 g/mol. The summed E-state index contributed by atoms with van der Waals surface area (Å²) in [6.07, 6.45) is -6.18. The Hall–Kier alpha value is -2.24. The molecule has 24 heavy (non-hydrogen) atoms. The van der Waals surface area contributed by atoms with E-state index in [1.807, 2.05) is 0 Å². The second kappa shape index (κ2) is 8.04. The highest BCUT2D eigenvalue weighted by Gasteiger charge is 2.50. The number of ether oxygens (including phenoxy) is 1. The third-order valence-corrected chi connectivity index (χ3v) is 2.90. The number of rotatable bonds is 10. The Morgan fingerprint density at radius 3 is 2.00 bits per heavy atom. The van der Waals surface area contributed by atoms with E-state index in [9.17, 15) is 34.5 Å². The molecule has 0 aromatic heterocycles. The van der Waals surface area contributed by atoms with Gasteiger partial charge in [-0.1, -0.05) is 0 Å². The molecule has 0 amide bonds. The Labute approximate surface area is 137 Å². The molecule has 3 unspecified atom stereocenters. The molecule has 3 atom stereocenters. The topological polar surface area (TPSA) is 181 Å². The highest BCUT2D eigenvalue weighted by Crippen LogP contribution is 2.19. The van der Waals surface area contributed by atoms with E-state index in [0.717, 1.165) is 0 Å². The van der Waals surface area contributed by atoms with Crippen molar-refractivity contribution in [1.29, 1.82) is 0 Å². The average molecular weight is 351 g/mol.